The van der Waals surface area contributed by atoms with Crippen LogP contribution in [-0.2, 0) is 13.2 Å². The van der Waals surface area contributed by atoms with Crippen molar-refractivity contribution in [3.63, 3.8) is 0 Å². The zero-order valence-electron chi connectivity index (χ0n) is 16.5. The van der Waals surface area contributed by atoms with Gasteiger partial charge in [-0.15, -0.1) is 0 Å². The third-order valence-electron chi connectivity index (χ3n) is 4.65. The highest BCUT2D eigenvalue weighted by atomic mass is 35.5. The van der Waals surface area contributed by atoms with Gasteiger partial charge in [0.15, 0.2) is 11.5 Å². The van der Waals surface area contributed by atoms with Crippen LogP contribution in [-0.4, -0.2) is 18.2 Å². The molecule has 0 saturated carbocycles. The zero-order chi connectivity index (χ0) is 21.7. The number of rotatable bonds is 8. The van der Waals surface area contributed by atoms with Crippen molar-refractivity contribution in [2.45, 2.75) is 20.1 Å². The number of anilines is 1. The van der Waals surface area contributed by atoms with E-state index in [1.807, 2.05) is 30.3 Å². The molecule has 156 valence electrons. The van der Waals surface area contributed by atoms with Crippen LogP contribution in [0.2, 0.25) is 10.0 Å². The molecule has 3 rings (SSSR count). The number of benzene rings is 3. The fourth-order valence-electron chi connectivity index (χ4n) is 2.99. The Morgan fingerprint density at radius 3 is 2.47 bits per heavy atom. The van der Waals surface area contributed by atoms with Crippen LogP contribution in [0.5, 0.6) is 11.5 Å². The maximum Gasteiger partial charge on any atom is 0.336 e. The van der Waals surface area contributed by atoms with Gasteiger partial charge in [-0.25, -0.2) is 4.79 Å². The fourth-order valence-corrected chi connectivity index (χ4v) is 3.31. The quantitative estimate of drug-likeness (QED) is 0.431. The number of ether oxygens (including phenoxy) is 2. The van der Waals surface area contributed by atoms with Gasteiger partial charge in [-0.2, -0.15) is 0 Å². The van der Waals surface area contributed by atoms with E-state index in [-0.39, 0.29) is 5.56 Å². The Hall–Kier alpha value is -2.89. The normalized spacial score (nSPS) is 10.5. The number of carboxylic acids is 1. The van der Waals surface area contributed by atoms with Gasteiger partial charge < -0.3 is 19.9 Å². The molecule has 5 nitrogen and oxygen atoms in total. The first-order chi connectivity index (χ1) is 14.4. The van der Waals surface area contributed by atoms with E-state index in [1.165, 1.54) is 0 Å². The van der Waals surface area contributed by atoms with Gasteiger partial charge >= 0.3 is 5.97 Å². The van der Waals surface area contributed by atoms with Crippen LogP contribution in [0.4, 0.5) is 5.69 Å². The van der Waals surface area contributed by atoms with Gasteiger partial charge in [-0.3, -0.25) is 0 Å². The van der Waals surface area contributed by atoms with Crippen LogP contribution in [0.25, 0.3) is 0 Å². The predicted molar refractivity (Wildman–Crippen MR) is 119 cm³/mol. The fraction of sp³-hybridized carbons (Fsp3) is 0.174. The minimum atomic E-state index is -0.943. The Bertz CT molecular complexity index is 1070. The lowest BCUT2D eigenvalue weighted by Crippen LogP contribution is -2.06. The van der Waals surface area contributed by atoms with E-state index in [9.17, 15) is 9.90 Å². The van der Waals surface area contributed by atoms with Crippen molar-refractivity contribution in [3.05, 3.63) is 86.9 Å². The predicted octanol–water partition coefficient (Wildman–Crippen LogP) is 6.20. The van der Waals surface area contributed by atoms with Crippen molar-refractivity contribution in [3.8, 4) is 11.5 Å². The average Bonchev–Trinajstić information content (AvgIpc) is 2.73. The summed E-state index contributed by atoms with van der Waals surface area (Å²) < 4.78 is 11.3. The van der Waals surface area contributed by atoms with Crippen LogP contribution in [0.3, 0.4) is 0 Å². The average molecular weight is 446 g/mol. The summed E-state index contributed by atoms with van der Waals surface area (Å²) in [5.74, 6) is 0.267. The lowest BCUT2D eigenvalue weighted by molar-refractivity contribution is 0.0696. The first-order valence-electron chi connectivity index (χ1n) is 9.19. The van der Waals surface area contributed by atoms with E-state index in [4.69, 9.17) is 32.7 Å². The van der Waals surface area contributed by atoms with Gasteiger partial charge in [-0.05, 0) is 60.0 Å². The highest BCUT2D eigenvalue weighted by Crippen LogP contribution is 2.30. The summed E-state index contributed by atoms with van der Waals surface area (Å²) in [5, 5.41) is 13.5. The molecule has 30 heavy (non-hydrogen) atoms. The largest absolute Gasteiger partial charge is 0.493 e. The van der Waals surface area contributed by atoms with Crippen LogP contribution in [0.15, 0.2) is 54.6 Å². The molecule has 0 amide bonds. The molecule has 0 aromatic heterocycles. The molecule has 0 atom stereocenters. The van der Waals surface area contributed by atoms with Gasteiger partial charge in [0.25, 0.3) is 0 Å². The number of nitrogens with one attached hydrogen (secondary N) is 1. The lowest BCUT2D eigenvalue weighted by atomic mass is 10.1. The number of aromatic carboxylic acids is 1. The summed E-state index contributed by atoms with van der Waals surface area (Å²) in [5.41, 5.74) is 3.61. The maximum absolute atomic E-state index is 11.3. The van der Waals surface area contributed by atoms with E-state index in [1.54, 1.807) is 38.3 Å². The van der Waals surface area contributed by atoms with E-state index < -0.39 is 5.97 Å². The number of halogens is 2. The first kappa shape index (κ1) is 21.8. The molecule has 3 aromatic carbocycles. The number of hydrogen-bond donors (Lipinski definition) is 2. The monoisotopic (exact) mass is 445 g/mol. The zero-order valence-corrected chi connectivity index (χ0v) is 18.1. The van der Waals surface area contributed by atoms with Crippen molar-refractivity contribution in [2.24, 2.45) is 0 Å². The van der Waals surface area contributed by atoms with Crippen molar-refractivity contribution in [2.75, 3.05) is 12.4 Å². The van der Waals surface area contributed by atoms with Crippen molar-refractivity contribution in [1.82, 2.24) is 0 Å². The molecule has 0 heterocycles. The minimum absolute atomic E-state index is 0.281. The molecule has 0 spiro atoms. The van der Waals surface area contributed by atoms with E-state index in [2.05, 4.69) is 5.32 Å². The summed E-state index contributed by atoms with van der Waals surface area (Å²) in [7, 11) is 1.58. The number of methoxy groups -OCH3 is 1. The molecule has 0 aliphatic rings. The van der Waals surface area contributed by atoms with Crippen LogP contribution in [0.1, 0.15) is 27.0 Å². The lowest BCUT2D eigenvalue weighted by Gasteiger charge is -2.14. The molecular weight excluding hydrogens is 425 g/mol. The summed E-state index contributed by atoms with van der Waals surface area (Å²) in [4.78, 5) is 11.3. The standard InChI is InChI=1S/C23H21Cl2NO4/c1-14-17(23(27)28)4-3-5-20(14)26-12-15-7-9-21(22(11-15)29-2)30-13-16-6-8-18(24)19(25)10-16/h3-11,26H,12-13H2,1-2H3,(H,27,28). The summed E-state index contributed by atoms with van der Waals surface area (Å²) in [6.07, 6.45) is 0. The smallest absolute Gasteiger partial charge is 0.336 e. The Balaban J connectivity index is 1.69. The Morgan fingerprint density at radius 2 is 1.77 bits per heavy atom. The Morgan fingerprint density at radius 1 is 1.00 bits per heavy atom. The van der Waals surface area contributed by atoms with Gasteiger partial charge in [0.1, 0.15) is 6.61 Å². The van der Waals surface area contributed by atoms with E-state index in [0.29, 0.717) is 40.3 Å². The van der Waals surface area contributed by atoms with E-state index >= 15 is 0 Å². The molecule has 0 saturated heterocycles. The molecular formula is C23H21Cl2NO4. The van der Waals surface area contributed by atoms with Crippen molar-refractivity contribution < 1.29 is 19.4 Å². The van der Waals surface area contributed by atoms with Crippen molar-refractivity contribution in [1.29, 1.82) is 0 Å². The minimum Gasteiger partial charge on any atom is -0.493 e. The second-order valence-corrected chi connectivity index (χ2v) is 7.47. The first-order valence-corrected chi connectivity index (χ1v) is 9.95. The summed E-state index contributed by atoms with van der Waals surface area (Å²) >= 11 is 12.0. The number of carbonyl (C=O) groups is 1. The Kier molecular flexibility index (Phi) is 7.08. The third kappa shape index (κ3) is 5.17. The second-order valence-electron chi connectivity index (χ2n) is 6.66. The Labute approximate surface area is 185 Å². The van der Waals surface area contributed by atoms with Crippen LogP contribution >= 0.6 is 23.2 Å². The van der Waals surface area contributed by atoms with Gasteiger partial charge in [-0.1, -0.05) is 41.4 Å². The molecule has 0 aliphatic carbocycles. The molecule has 7 heteroatoms. The molecule has 2 N–H and O–H groups in total. The summed E-state index contributed by atoms with van der Waals surface area (Å²) in [6, 6.07) is 16.2. The highest BCUT2D eigenvalue weighted by Gasteiger charge is 2.11. The molecule has 0 fully saturated rings. The van der Waals surface area contributed by atoms with Crippen LogP contribution in [0, 0.1) is 6.92 Å². The van der Waals surface area contributed by atoms with Crippen LogP contribution < -0.4 is 14.8 Å². The third-order valence-corrected chi connectivity index (χ3v) is 5.39. The molecule has 0 unspecified atom stereocenters. The maximum atomic E-state index is 11.3. The van der Waals surface area contributed by atoms with E-state index in [0.717, 1.165) is 16.8 Å². The number of hydrogen-bond acceptors (Lipinski definition) is 4. The molecule has 3 aromatic rings. The van der Waals surface area contributed by atoms with Gasteiger partial charge in [0.05, 0.1) is 22.7 Å². The number of carboxylic acid groups (broad SMARTS) is 1. The molecule has 0 radical (unpaired) electrons. The second kappa shape index (κ2) is 9.74. The molecule has 0 aliphatic heterocycles. The van der Waals surface area contributed by atoms with Crippen molar-refractivity contribution >= 4 is 34.9 Å². The highest BCUT2D eigenvalue weighted by molar-refractivity contribution is 6.42. The topological polar surface area (TPSA) is 67.8 Å². The molecule has 0 bridgehead atoms. The van der Waals surface area contributed by atoms with Gasteiger partial charge in [0.2, 0.25) is 0 Å². The SMILES string of the molecule is COc1cc(CNc2cccc(C(=O)O)c2C)ccc1OCc1ccc(Cl)c(Cl)c1. The summed E-state index contributed by atoms with van der Waals surface area (Å²) in [6.45, 7) is 2.62. The van der Waals surface area contributed by atoms with Gasteiger partial charge in [0, 0.05) is 12.2 Å².